The summed E-state index contributed by atoms with van der Waals surface area (Å²) in [6, 6.07) is 15.5. The molecule has 1 atom stereocenters. The Morgan fingerprint density at radius 1 is 1.07 bits per heavy atom. The first kappa shape index (κ1) is 18.1. The van der Waals surface area contributed by atoms with Gasteiger partial charge in [-0.2, -0.15) is 5.10 Å². The number of benzene rings is 2. The lowest BCUT2D eigenvalue weighted by Crippen LogP contribution is -2.30. The Morgan fingerprint density at radius 3 is 2.50 bits per heavy atom. The SMILES string of the molecule is CCCN1C(=O)c2[nH]nc(-c3ccccc3)c2C1c1ccc(OC)c(OC)c1. The van der Waals surface area contributed by atoms with Gasteiger partial charge in [0, 0.05) is 17.7 Å². The zero-order valence-corrected chi connectivity index (χ0v) is 16.2. The normalized spacial score (nSPS) is 15.6. The molecule has 1 aliphatic heterocycles. The molecule has 0 fully saturated rings. The Morgan fingerprint density at radius 2 is 1.82 bits per heavy atom. The molecule has 1 unspecified atom stereocenters. The Balaban J connectivity index is 1.89. The first-order valence-electron chi connectivity index (χ1n) is 9.36. The van der Waals surface area contributed by atoms with Crippen LogP contribution in [-0.4, -0.2) is 41.8 Å². The van der Waals surface area contributed by atoms with Crippen molar-refractivity contribution in [2.24, 2.45) is 0 Å². The summed E-state index contributed by atoms with van der Waals surface area (Å²) >= 11 is 0. The first-order chi connectivity index (χ1) is 13.7. The van der Waals surface area contributed by atoms with E-state index in [9.17, 15) is 4.79 Å². The van der Waals surface area contributed by atoms with Crippen LogP contribution in [-0.2, 0) is 0 Å². The van der Waals surface area contributed by atoms with Gasteiger partial charge in [-0.15, -0.1) is 0 Å². The van der Waals surface area contributed by atoms with E-state index in [1.807, 2.05) is 53.4 Å². The molecule has 1 N–H and O–H groups in total. The highest BCUT2D eigenvalue weighted by atomic mass is 16.5. The van der Waals surface area contributed by atoms with Crippen LogP contribution in [0.5, 0.6) is 11.5 Å². The highest BCUT2D eigenvalue weighted by Gasteiger charge is 2.41. The summed E-state index contributed by atoms with van der Waals surface area (Å²) in [6.45, 7) is 2.73. The number of carbonyl (C=O) groups is 1. The van der Waals surface area contributed by atoms with E-state index in [1.165, 1.54) is 0 Å². The molecular formula is C22H23N3O3. The molecule has 6 nitrogen and oxygen atoms in total. The maximum Gasteiger partial charge on any atom is 0.273 e. The lowest BCUT2D eigenvalue weighted by molar-refractivity contribution is 0.0743. The minimum Gasteiger partial charge on any atom is -0.493 e. The van der Waals surface area contributed by atoms with E-state index in [0.717, 1.165) is 28.8 Å². The molecule has 6 heteroatoms. The fourth-order valence-corrected chi connectivity index (χ4v) is 3.85. The molecule has 144 valence electrons. The van der Waals surface area contributed by atoms with E-state index in [1.54, 1.807) is 14.2 Å². The van der Waals surface area contributed by atoms with Crippen molar-refractivity contribution in [2.75, 3.05) is 20.8 Å². The van der Waals surface area contributed by atoms with Crippen LogP contribution in [0.3, 0.4) is 0 Å². The van der Waals surface area contributed by atoms with Crippen molar-refractivity contribution in [3.63, 3.8) is 0 Å². The van der Waals surface area contributed by atoms with E-state index in [0.29, 0.717) is 23.7 Å². The molecule has 0 radical (unpaired) electrons. The molecule has 3 aromatic rings. The fraction of sp³-hybridized carbons (Fsp3) is 0.273. The van der Waals surface area contributed by atoms with Crippen molar-refractivity contribution < 1.29 is 14.3 Å². The monoisotopic (exact) mass is 377 g/mol. The summed E-state index contributed by atoms with van der Waals surface area (Å²) in [4.78, 5) is 15.0. The van der Waals surface area contributed by atoms with Crippen LogP contribution < -0.4 is 9.47 Å². The van der Waals surface area contributed by atoms with Crippen molar-refractivity contribution >= 4 is 5.91 Å². The number of carbonyl (C=O) groups excluding carboxylic acids is 1. The maximum atomic E-state index is 13.1. The molecule has 4 rings (SSSR count). The van der Waals surface area contributed by atoms with Crippen molar-refractivity contribution in [1.82, 2.24) is 15.1 Å². The number of fused-ring (bicyclic) bond motifs is 1. The van der Waals surface area contributed by atoms with Gasteiger partial charge in [0.1, 0.15) is 5.69 Å². The summed E-state index contributed by atoms with van der Waals surface area (Å²) in [6.07, 6.45) is 0.869. The van der Waals surface area contributed by atoms with Gasteiger partial charge in [0.25, 0.3) is 5.91 Å². The summed E-state index contributed by atoms with van der Waals surface area (Å²) in [5, 5.41) is 7.45. The van der Waals surface area contributed by atoms with E-state index in [2.05, 4.69) is 17.1 Å². The molecule has 2 aromatic carbocycles. The standard InChI is InChI=1S/C22H23N3O3/c1-4-12-25-21(15-10-11-16(27-2)17(13-15)28-3)18-19(14-8-6-5-7-9-14)23-24-20(18)22(25)26/h5-11,13,21H,4,12H2,1-3H3,(H,23,24). The molecule has 1 aromatic heterocycles. The topological polar surface area (TPSA) is 67.5 Å². The van der Waals surface area contributed by atoms with Crippen LogP contribution in [0.15, 0.2) is 48.5 Å². The molecule has 28 heavy (non-hydrogen) atoms. The van der Waals surface area contributed by atoms with E-state index in [4.69, 9.17) is 9.47 Å². The number of aromatic nitrogens is 2. The summed E-state index contributed by atoms with van der Waals surface area (Å²) < 4.78 is 10.9. The fourth-order valence-electron chi connectivity index (χ4n) is 3.85. The van der Waals surface area contributed by atoms with Crippen LogP contribution >= 0.6 is 0 Å². The maximum absolute atomic E-state index is 13.1. The quantitative estimate of drug-likeness (QED) is 0.704. The number of methoxy groups -OCH3 is 2. The molecule has 1 aliphatic rings. The van der Waals surface area contributed by atoms with Crippen LogP contribution in [0, 0.1) is 0 Å². The third kappa shape index (κ3) is 2.81. The zero-order chi connectivity index (χ0) is 19.7. The lowest BCUT2D eigenvalue weighted by atomic mass is 9.95. The molecule has 2 heterocycles. The largest absolute Gasteiger partial charge is 0.493 e. The van der Waals surface area contributed by atoms with Crippen LogP contribution in [0.1, 0.15) is 41.0 Å². The highest BCUT2D eigenvalue weighted by Crippen LogP contribution is 2.44. The van der Waals surface area contributed by atoms with Crippen LogP contribution in [0.25, 0.3) is 11.3 Å². The number of hydrogen-bond donors (Lipinski definition) is 1. The number of H-pyrrole nitrogens is 1. The Kier molecular flexibility index (Phi) is 4.77. The third-order valence-corrected chi connectivity index (χ3v) is 5.10. The highest BCUT2D eigenvalue weighted by molar-refractivity contribution is 6.00. The number of nitrogens with zero attached hydrogens (tertiary/aromatic N) is 2. The second-order valence-electron chi connectivity index (χ2n) is 6.74. The Hall–Kier alpha value is -3.28. The van der Waals surface area contributed by atoms with Crippen molar-refractivity contribution in [3.05, 3.63) is 65.4 Å². The second-order valence-corrected chi connectivity index (χ2v) is 6.74. The number of aromatic amines is 1. The van der Waals surface area contributed by atoms with Gasteiger partial charge in [0.15, 0.2) is 11.5 Å². The predicted molar refractivity (Wildman–Crippen MR) is 107 cm³/mol. The minimum atomic E-state index is -0.226. The van der Waals surface area contributed by atoms with Gasteiger partial charge in [0.05, 0.1) is 26.0 Å². The Bertz CT molecular complexity index is 998. The first-order valence-corrected chi connectivity index (χ1v) is 9.36. The summed E-state index contributed by atoms with van der Waals surface area (Å²) in [5.74, 6) is 1.28. The number of hydrogen-bond acceptors (Lipinski definition) is 4. The number of nitrogens with one attached hydrogen (secondary N) is 1. The van der Waals surface area contributed by atoms with Gasteiger partial charge in [0.2, 0.25) is 0 Å². The summed E-state index contributed by atoms with van der Waals surface area (Å²) in [7, 11) is 3.23. The van der Waals surface area contributed by atoms with Crippen molar-refractivity contribution in [3.8, 4) is 22.8 Å². The van der Waals surface area contributed by atoms with Gasteiger partial charge in [-0.3, -0.25) is 9.89 Å². The van der Waals surface area contributed by atoms with Gasteiger partial charge in [-0.25, -0.2) is 0 Å². The molecule has 0 spiro atoms. The van der Waals surface area contributed by atoms with E-state index in [-0.39, 0.29) is 11.9 Å². The van der Waals surface area contributed by atoms with Gasteiger partial charge in [-0.05, 0) is 24.1 Å². The smallest absolute Gasteiger partial charge is 0.273 e. The molecule has 0 aliphatic carbocycles. The Labute approximate surface area is 164 Å². The third-order valence-electron chi connectivity index (χ3n) is 5.10. The number of rotatable bonds is 6. The molecule has 1 amide bonds. The van der Waals surface area contributed by atoms with E-state index < -0.39 is 0 Å². The minimum absolute atomic E-state index is 0.0219. The second kappa shape index (κ2) is 7.38. The predicted octanol–water partition coefficient (Wildman–Crippen LogP) is 4.05. The van der Waals surface area contributed by atoms with Crippen LogP contribution in [0.2, 0.25) is 0 Å². The summed E-state index contributed by atoms with van der Waals surface area (Å²) in [5.41, 5.74) is 4.24. The molecule has 0 saturated heterocycles. The van der Waals surface area contributed by atoms with Crippen molar-refractivity contribution in [2.45, 2.75) is 19.4 Å². The molecule has 0 bridgehead atoms. The molecular weight excluding hydrogens is 354 g/mol. The number of amides is 1. The van der Waals surface area contributed by atoms with E-state index >= 15 is 0 Å². The number of ether oxygens (including phenoxy) is 2. The van der Waals surface area contributed by atoms with Gasteiger partial charge in [-0.1, -0.05) is 43.3 Å². The average Bonchev–Trinajstić information content (AvgIpc) is 3.28. The van der Waals surface area contributed by atoms with Crippen molar-refractivity contribution in [1.29, 1.82) is 0 Å². The average molecular weight is 377 g/mol. The lowest BCUT2D eigenvalue weighted by Gasteiger charge is -2.26. The zero-order valence-electron chi connectivity index (χ0n) is 16.2. The van der Waals surface area contributed by atoms with Gasteiger partial charge < -0.3 is 14.4 Å². The molecule has 0 saturated carbocycles. The van der Waals surface area contributed by atoms with Gasteiger partial charge >= 0.3 is 0 Å². The van der Waals surface area contributed by atoms with Crippen LogP contribution in [0.4, 0.5) is 0 Å².